The summed E-state index contributed by atoms with van der Waals surface area (Å²) in [6, 6.07) is 16.1. The quantitative estimate of drug-likeness (QED) is 0.233. The van der Waals surface area contributed by atoms with Crippen LogP contribution in [0.25, 0.3) is 11.0 Å². The molecule has 0 unspecified atom stereocenters. The molecule has 0 radical (unpaired) electrons. The Hall–Kier alpha value is -4.53. The summed E-state index contributed by atoms with van der Waals surface area (Å²) in [5, 5.41) is 22.4. The molecule has 0 fully saturated rings. The molecule has 0 aliphatic carbocycles. The van der Waals surface area contributed by atoms with Gasteiger partial charge < -0.3 is 23.7 Å². The summed E-state index contributed by atoms with van der Waals surface area (Å²) >= 11 is 0. The Balaban J connectivity index is 1.97. The number of nitro benzene ring substituents is 1. The Morgan fingerprint density at radius 2 is 1.61 bits per heavy atom. The van der Waals surface area contributed by atoms with Gasteiger partial charge in [-0.1, -0.05) is 12.1 Å². The molecule has 0 saturated carbocycles. The molecule has 0 atom stereocenters. The third kappa shape index (κ3) is 4.03. The van der Waals surface area contributed by atoms with E-state index < -0.39 is 4.92 Å². The number of furan rings is 1. The van der Waals surface area contributed by atoms with E-state index >= 15 is 0 Å². The fourth-order valence-electron chi connectivity index (χ4n) is 3.43. The fourth-order valence-corrected chi connectivity index (χ4v) is 3.43. The lowest BCUT2D eigenvalue weighted by atomic mass is 10.0. The van der Waals surface area contributed by atoms with Crippen LogP contribution in [-0.2, 0) is 0 Å². The smallest absolute Gasteiger partial charge is 0.269 e. The van der Waals surface area contributed by atoms with Gasteiger partial charge in [0, 0.05) is 17.7 Å². The topological polar surface area (TPSA) is 117 Å². The van der Waals surface area contributed by atoms with Crippen LogP contribution in [0, 0.1) is 10.1 Å². The zero-order chi connectivity index (χ0) is 23.5. The van der Waals surface area contributed by atoms with Crippen molar-refractivity contribution < 1.29 is 28.7 Å². The van der Waals surface area contributed by atoms with Gasteiger partial charge in [0.05, 0.1) is 37.3 Å². The van der Waals surface area contributed by atoms with E-state index in [1.165, 1.54) is 45.6 Å². The van der Waals surface area contributed by atoms with Gasteiger partial charge in [-0.15, -0.1) is 0 Å². The third-order valence-electron chi connectivity index (χ3n) is 5.02. The predicted octanol–water partition coefficient (Wildman–Crippen LogP) is 5.24. The van der Waals surface area contributed by atoms with E-state index in [-0.39, 0.29) is 22.9 Å². The van der Waals surface area contributed by atoms with Crippen molar-refractivity contribution in [2.24, 2.45) is 4.99 Å². The first-order valence-corrected chi connectivity index (χ1v) is 9.81. The molecule has 1 heterocycles. The minimum Gasteiger partial charge on any atom is -0.504 e. The summed E-state index contributed by atoms with van der Waals surface area (Å²) in [6.45, 7) is 0. The number of non-ortho nitro benzene ring substituents is 1. The molecular weight excluding hydrogens is 428 g/mol. The van der Waals surface area contributed by atoms with E-state index in [4.69, 9.17) is 18.6 Å². The Morgan fingerprint density at radius 1 is 0.970 bits per heavy atom. The summed E-state index contributed by atoms with van der Waals surface area (Å²) in [6.07, 6.45) is 0. The van der Waals surface area contributed by atoms with Crippen molar-refractivity contribution in [1.29, 1.82) is 0 Å². The van der Waals surface area contributed by atoms with Gasteiger partial charge in [0.15, 0.2) is 23.0 Å². The van der Waals surface area contributed by atoms with Gasteiger partial charge >= 0.3 is 0 Å². The van der Waals surface area contributed by atoms with Gasteiger partial charge in [-0.05, 0) is 36.4 Å². The second kappa shape index (κ2) is 8.91. The van der Waals surface area contributed by atoms with E-state index in [0.29, 0.717) is 39.5 Å². The number of nitrogens with zero attached hydrogens (tertiary/aromatic N) is 2. The third-order valence-corrected chi connectivity index (χ3v) is 5.02. The molecule has 0 aliphatic rings. The van der Waals surface area contributed by atoms with Crippen molar-refractivity contribution in [3.05, 3.63) is 82.1 Å². The van der Waals surface area contributed by atoms with Gasteiger partial charge in [-0.25, -0.2) is 4.99 Å². The summed E-state index contributed by atoms with van der Waals surface area (Å²) in [5.41, 5.74) is 1.63. The molecule has 0 spiro atoms. The number of hydrogen-bond acceptors (Lipinski definition) is 8. The van der Waals surface area contributed by atoms with E-state index in [0.717, 1.165) is 0 Å². The number of aliphatic imine (C=N–C) groups is 1. The maximum Gasteiger partial charge on any atom is 0.269 e. The highest BCUT2D eigenvalue weighted by Crippen LogP contribution is 2.41. The summed E-state index contributed by atoms with van der Waals surface area (Å²) in [5.74, 6) is 1.22. The molecule has 9 heteroatoms. The molecule has 0 bridgehead atoms. The Bertz CT molecular complexity index is 1330. The van der Waals surface area contributed by atoms with Crippen LogP contribution in [0.15, 0.2) is 70.1 Å². The van der Waals surface area contributed by atoms with Crippen molar-refractivity contribution in [1.82, 2.24) is 0 Å². The minimum atomic E-state index is -0.487. The molecule has 33 heavy (non-hydrogen) atoms. The SMILES string of the molecule is COc1cc(C(=Nc2ccc([N+](=O)[O-])cc2)c2oc3ccccc3c2O)cc(OC)c1OC. The second-order valence-corrected chi connectivity index (χ2v) is 6.92. The lowest BCUT2D eigenvalue weighted by Gasteiger charge is -2.15. The normalized spacial score (nSPS) is 11.4. The van der Waals surface area contributed by atoms with Crippen molar-refractivity contribution in [2.45, 2.75) is 0 Å². The summed E-state index contributed by atoms with van der Waals surface area (Å²) in [4.78, 5) is 15.2. The molecular formula is C24H20N2O7. The average molecular weight is 448 g/mol. The number of ether oxygens (including phenoxy) is 3. The first-order valence-electron chi connectivity index (χ1n) is 9.81. The van der Waals surface area contributed by atoms with E-state index in [1.807, 2.05) is 0 Å². The van der Waals surface area contributed by atoms with Crippen molar-refractivity contribution in [2.75, 3.05) is 21.3 Å². The molecule has 4 aromatic rings. The number of hydrogen-bond donors (Lipinski definition) is 1. The Morgan fingerprint density at radius 3 is 2.15 bits per heavy atom. The number of nitro groups is 1. The Labute approximate surface area is 188 Å². The van der Waals surface area contributed by atoms with Gasteiger partial charge in [0.2, 0.25) is 5.75 Å². The van der Waals surface area contributed by atoms with Crippen molar-refractivity contribution in [3.63, 3.8) is 0 Å². The summed E-state index contributed by atoms with van der Waals surface area (Å²) in [7, 11) is 4.48. The zero-order valence-electron chi connectivity index (χ0n) is 18.1. The predicted molar refractivity (Wildman–Crippen MR) is 122 cm³/mol. The maximum absolute atomic E-state index is 11.0. The molecule has 168 valence electrons. The molecule has 4 rings (SSSR count). The largest absolute Gasteiger partial charge is 0.504 e. The highest BCUT2D eigenvalue weighted by atomic mass is 16.6. The zero-order valence-corrected chi connectivity index (χ0v) is 18.1. The second-order valence-electron chi connectivity index (χ2n) is 6.92. The van der Waals surface area contributed by atoms with Gasteiger partial charge in [0.1, 0.15) is 11.3 Å². The standard InChI is InChI=1S/C24H20N2O7/c1-30-19-12-14(13-20(31-2)23(19)32-3)21(25-15-8-10-16(11-9-15)26(28)29)24-22(27)17-6-4-5-7-18(17)33-24/h4-13,27H,1-3H3. The Kier molecular flexibility index (Phi) is 5.86. The van der Waals surface area contributed by atoms with Crippen LogP contribution < -0.4 is 14.2 Å². The van der Waals surface area contributed by atoms with Crippen LogP contribution >= 0.6 is 0 Å². The lowest BCUT2D eigenvalue weighted by molar-refractivity contribution is -0.384. The van der Waals surface area contributed by atoms with Crippen LogP contribution in [0.4, 0.5) is 11.4 Å². The number of fused-ring (bicyclic) bond motifs is 1. The number of benzene rings is 3. The van der Waals surface area contributed by atoms with Gasteiger partial charge in [-0.3, -0.25) is 10.1 Å². The van der Waals surface area contributed by atoms with Crippen LogP contribution in [-0.4, -0.2) is 37.1 Å². The minimum absolute atomic E-state index is 0.0603. The lowest BCUT2D eigenvalue weighted by Crippen LogP contribution is -2.05. The van der Waals surface area contributed by atoms with E-state index in [9.17, 15) is 15.2 Å². The highest BCUT2D eigenvalue weighted by molar-refractivity contribution is 6.16. The van der Waals surface area contributed by atoms with Crippen LogP contribution in [0.5, 0.6) is 23.0 Å². The first-order chi connectivity index (χ1) is 16.0. The first kappa shape index (κ1) is 21.7. The molecule has 1 N–H and O–H groups in total. The number of aromatic hydroxyl groups is 1. The average Bonchev–Trinajstić information content (AvgIpc) is 3.18. The highest BCUT2D eigenvalue weighted by Gasteiger charge is 2.23. The fraction of sp³-hybridized carbons (Fsp3) is 0.125. The maximum atomic E-state index is 11.0. The van der Waals surface area contributed by atoms with Gasteiger partial charge in [-0.2, -0.15) is 0 Å². The molecule has 9 nitrogen and oxygen atoms in total. The van der Waals surface area contributed by atoms with Crippen LogP contribution in [0.2, 0.25) is 0 Å². The van der Waals surface area contributed by atoms with Crippen LogP contribution in [0.1, 0.15) is 11.3 Å². The van der Waals surface area contributed by atoms with Crippen LogP contribution in [0.3, 0.4) is 0 Å². The molecule has 0 aliphatic heterocycles. The molecule has 1 aromatic heterocycles. The molecule has 3 aromatic carbocycles. The van der Waals surface area contributed by atoms with Gasteiger partial charge in [0.25, 0.3) is 5.69 Å². The number of rotatable bonds is 7. The van der Waals surface area contributed by atoms with Crippen molar-refractivity contribution in [3.8, 4) is 23.0 Å². The number of methoxy groups -OCH3 is 3. The van der Waals surface area contributed by atoms with Crippen molar-refractivity contribution >= 4 is 28.1 Å². The molecule has 0 saturated heterocycles. The summed E-state index contributed by atoms with van der Waals surface area (Å²) < 4.78 is 22.3. The molecule has 0 amide bonds. The van der Waals surface area contributed by atoms with E-state index in [2.05, 4.69) is 4.99 Å². The van der Waals surface area contributed by atoms with E-state index in [1.54, 1.807) is 36.4 Å². The monoisotopic (exact) mass is 448 g/mol. The number of para-hydroxylation sites is 1.